The van der Waals surface area contributed by atoms with Gasteiger partial charge in [-0.15, -0.1) is 0 Å². The van der Waals surface area contributed by atoms with E-state index in [1.54, 1.807) is 23.0 Å². The molecular formula is C18H17ClN4O2S. The summed E-state index contributed by atoms with van der Waals surface area (Å²) < 4.78 is 7.33. The molecule has 0 radical (unpaired) electrons. The zero-order chi connectivity index (χ0) is 18.5. The summed E-state index contributed by atoms with van der Waals surface area (Å²) >= 11 is 11.3. The highest BCUT2D eigenvalue weighted by Gasteiger charge is 2.10. The largest absolute Gasteiger partial charge is 0.503 e. The number of phenolic OH excluding ortho intramolecular Hbond substituents is 1. The van der Waals surface area contributed by atoms with Gasteiger partial charge in [0.05, 0.1) is 17.8 Å². The van der Waals surface area contributed by atoms with Crippen molar-refractivity contribution in [1.29, 1.82) is 0 Å². The van der Waals surface area contributed by atoms with Gasteiger partial charge in [0.25, 0.3) is 0 Å². The highest BCUT2D eigenvalue weighted by molar-refractivity contribution is 7.71. The van der Waals surface area contributed by atoms with E-state index in [2.05, 4.69) is 15.3 Å². The van der Waals surface area contributed by atoms with Crippen molar-refractivity contribution < 1.29 is 9.84 Å². The van der Waals surface area contributed by atoms with Gasteiger partial charge in [0.15, 0.2) is 17.3 Å². The minimum atomic E-state index is -0.0876. The maximum absolute atomic E-state index is 9.92. The fraction of sp³-hybridized carbons (Fsp3) is 0.167. The van der Waals surface area contributed by atoms with Crippen LogP contribution in [0.25, 0.3) is 0 Å². The molecule has 2 N–H and O–H groups in total. The molecule has 0 saturated carbocycles. The van der Waals surface area contributed by atoms with Crippen LogP contribution in [0.5, 0.6) is 11.5 Å². The van der Waals surface area contributed by atoms with E-state index in [1.165, 1.54) is 0 Å². The number of hydrogen-bond acceptors (Lipinski definition) is 5. The van der Waals surface area contributed by atoms with Crippen LogP contribution in [0.2, 0.25) is 5.02 Å². The highest BCUT2D eigenvalue weighted by atomic mass is 35.5. The number of H-pyrrole nitrogens is 1. The van der Waals surface area contributed by atoms with Gasteiger partial charge in [-0.05, 0) is 42.4 Å². The number of aromatic nitrogens is 3. The Bertz CT molecular complexity index is 983. The number of benzene rings is 2. The number of halogens is 1. The van der Waals surface area contributed by atoms with E-state index in [0.29, 0.717) is 34.9 Å². The lowest BCUT2D eigenvalue weighted by Gasteiger charge is -2.08. The number of hydrogen-bond donors (Lipinski definition) is 2. The summed E-state index contributed by atoms with van der Waals surface area (Å²) in [5.74, 6) is 0.907. The molecule has 8 heteroatoms. The first kappa shape index (κ1) is 18.2. The Morgan fingerprint density at radius 2 is 2.12 bits per heavy atom. The molecule has 0 spiro atoms. The summed E-state index contributed by atoms with van der Waals surface area (Å²) in [4.78, 5) is 0. The summed E-state index contributed by atoms with van der Waals surface area (Å²) in [6, 6.07) is 13.2. The monoisotopic (exact) mass is 388 g/mol. The molecule has 0 unspecified atom stereocenters. The average Bonchev–Trinajstić information content (AvgIpc) is 2.98. The molecule has 0 aliphatic carbocycles. The second kappa shape index (κ2) is 8.16. The Balaban J connectivity index is 1.90. The van der Waals surface area contributed by atoms with Gasteiger partial charge >= 0.3 is 0 Å². The maximum Gasteiger partial charge on any atom is 0.216 e. The third-order valence-corrected chi connectivity index (χ3v) is 4.15. The van der Waals surface area contributed by atoms with Crippen molar-refractivity contribution in [2.75, 3.05) is 6.61 Å². The first-order valence-corrected chi connectivity index (χ1v) is 8.77. The van der Waals surface area contributed by atoms with Crippen molar-refractivity contribution >= 4 is 30.0 Å². The predicted octanol–water partition coefficient (Wildman–Crippen LogP) is 4.17. The van der Waals surface area contributed by atoms with Gasteiger partial charge in [0, 0.05) is 6.42 Å². The lowest BCUT2D eigenvalue weighted by atomic mass is 10.1. The third kappa shape index (κ3) is 4.12. The zero-order valence-electron chi connectivity index (χ0n) is 14.0. The Morgan fingerprint density at radius 3 is 2.85 bits per heavy atom. The zero-order valence-corrected chi connectivity index (χ0v) is 15.6. The molecular weight excluding hydrogens is 372 g/mol. The van der Waals surface area contributed by atoms with Gasteiger partial charge in [0.2, 0.25) is 4.77 Å². The van der Waals surface area contributed by atoms with Crippen molar-refractivity contribution in [2.45, 2.75) is 13.3 Å². The summed E-state index contributed by atoms with van der Waals surface area (Å²) in [6.07, 6.45) is 2.18. The van der Waals surface area contributed by atoms with Crippen molar-refractivity contribution in [3.8, 4) is 11.5 Å². The van der Waals surface area contributed by atoms with Gasteiger partial charge in [0.1, 0.15) is 0 Å². The lowest BCUT2D eigenvalue weighted by Crippen LogP contribution is -2.00. The summed E-state index contributed by atoms with van der Waals surface area (Å²) in [5, 5.41) is 21.5. The molecule has 2 aromatic carbocycles. The molecule has 3 aromatic rings. The summed E-state index contributed by atoms with van der Waals surface area (Å²) in [7, 11) is 0. The molecule has 0 fully saturated rings. The minimum Gasteiger partial charge on any atom is -0.503 e. The van der Waals surface area contributed by atoms with Crippen molar-refractivity contribution in [3.63, 3.8) is 0 Å². The first-order valence-electron chi connectivity index (χ1n) is 7.98. The van der Waals surface area contributed by atoms with E-state index in [0.717, 1.165) is 5.56 Å². The standard InChI is InChI=1S/C18H17ClN4O2S/c1-2-25-15-9-13(8-14(19)17(15)24)11-20-23-16(21-22-18(23)26)10-12-6-4-3-5-7-12/h3-9,11,24H,2,10H2,1H3,(H,22,26)/b20-11-. The van der Waals surface area contributed by atoms with Gasteiger partial charge in [-0.3, -0.25) is 5.10 Å². The number of nitrogens with one attached hydrogen (secondary N) is 1. The van der Waals surface area contributed by atoms with Crippen LogP contribution in [0.15, 0.2) is 47.6 Å². The summed E-state index contributed by atoms with van der Waals surface area (Å²) in [5.41, 5.74) is 1.77. The molecule has 0 aliphatic heterocycles. The van der Waals surface area contributed by atoms with Gasteiger partial charge in [-0.2, -0.15) is 14.9 Å². The Kier molecular flexibility index (Phi) is 5.70. The number of ether oxygens (including phenoxy) is 1. The predicted molar refractivity (Wildman–Crippen MR) is 104 cm³/mol. The third-order valence-electron chi connectivity index (χ3n) is 3.60. The fourth-order valence-electron chi connectivity index (χ4n) is 2.39. The van der Waals surface area contributed by atoms with Crippen LogP contribution in [0.1, 0.15) is 23.9 Å². The van der Waals surface area contributed by atoms with Crippen LogP contribution in [0.3, 0.4) is 0 Å². The topological polar surface area (TPSA) is 75.4 Å². The second-order valence-electron chi connectivity index (χ2n) is 5.45. The van der Waals surface area contributed by atoms with Crippen LogP contribution in [0.4, 0.5) is 0 Å². The van der Waals surface area contributed by atoms with Crippen LogP contribution in [-0.4, -0.2) is 32.8 Å². The van der Waals surface area contributed by atoms with Gasteiger partial charge in [-0.25, -0.2) is 0 Å². The number of aromatic hydroxyl groups is 1. The summed E-state index contributed by atoms with van der Waals surface area (Å²) in [6.45, 7) is 2.24. The maximum atomic E-state index is 9.92. The van der Waals surface area contributed by atoms with Crippen LogP contribution in [0, 0.1) is 4.77 Å². The van der Waals surface area contributed by atoms with Crippen LogP contribution >= 0.6 is 23.8 Å². The molecule has 134 valence electrons. The van der Waals surface area contributed by atoms with Gasteiger partial charge < -0.3 is 9.84 Å². The number of nitrogens with zero attached hydrogens (tertiary/aromatic N) is 3. The quantitative estimate of drug-likeness (QED) is 0.491. The molecule has 0 amide bonds. The molecule has 1 aromatic heterocycles. The molecule has 3 rings (SSSR count). The van der Waals surface area contributed by atoms with E-state index in [4.69, 9.17) is 28.6 Å². The SMILES string of the molecule is CCOc1cc(/C=N\n2c(Cc3ccccc3)n[nH]c2=S)cc(Cl)c1O. The second-order valence-corrected chi connectivity index (χ2v) is 6.24. The average molecular weight is 389 g/mol. The Labute approximate surface area is 160 Å². The normalized spacial score (nSPS) is 11.2. The number of aromatic amines is 1. The smallest absolute Gasteiger partial charge is 0.216 e. The van der Waals surface area contributed by atoms with E-state index < -0.39 is 0 Å². The number of rotatable bonds is 6. The number of phenols is 1. The molecule has 1 heterocycles. The molecule has 0 aliphatic rings. The Hall–Kier alpha value is -2.64. The molecule has 0 bridgehead atoms. The van der Waals surface area contributed by atoms with Crippen LogP contribution in [-0.2, 0) is 6.42 Å². The highest BCUT2D eigenvalue weighted by Crippen LogP contribution is 2.34. The lowest BCUT2D eigenvalue weighted by molar-refractivity contribution is 0.318. The van der Waals surface area contributed by atoms with E-state index in [-0.39, 0.29) is 10.8 Å². The van der Waals surface area contributed by atoms with Crippen molar-refractivity contribution in [2.24, 2.45) is 5.10 Å². The van der Waals surface area contributed by atoms with Gasteiger partial charge in [-0.1, -0.05) is 41.9 Å². The van der Waals surface area contributed by atoms with E-state index in [9.17, 15) is 5.11 Å². The van der Waals surface area contributed by atoms with Crippen molar-refractivity contribution in [3.05, 3.63) is 69.2 Å². The molecule has 26 heavy (non-hydrogen) atoms. The first-order chi connectivity index (χ1) is 12.6. The van der Waals surface area contributed by atoms with E-state index in [1.807, 2.05) is 37.3 Å². The van der Waals surface area contributed by atoms with Crippen LogP contribution < -0.4 is 4.74 Å². The van der Waals surface area contributed by atoms with Crippen molar-refractivity contribution in [1.82, 2.24) is 14.9 Å². The Morgan fingerprint density at radius 1 is 1.35 bits per heavy atom. The van der Waals surface area contributed by atoms with E-state index >= 15 is 0 Å². The minimum absolute atomic E-state index is 0.0876. The molecule has 6 nitrogen and oxygen atoms in total. The molecule has 0 atom stereocenters. The molecule has 0 saturated heterocycles. The fourth-order valence-corrected chi connectivity index (χ4v) is 2.81.